The third-order valence-corrected chi connectivity index (χ3v) is 3.91. The number of rotatable bonds is 4. The summed E-state index contributed by atoms with van der Waals surface area (Å²) in [5.41, 5.74) is 2.94. The van der Waals surface area contributed by atoms with E-state index in [1.165, 1.54) is 0 Å². The molecule has 4 aromatic rings. The summed E-state index contributed by atoms with van der Waals surface area (Å²) in [6.07, 6.45) is 7.20. The van der Waals surface area contributed by atoms with E-state index in [2.05, 4.69) is 15.0 Å². The lowest BCUT2D eigenvalue weighted by atomic mass is 10.2. The molecule has 4 rings (SSSR count). The first kappa shape index (κ1) is 15.1. The summed E-state index contributed by atoms with van der Waals surface area (Å²) in [4.78, 5) is 13.1. The minimum Gasteiger partial charge on any atom is -0.439 e. The van der Waals surface area contributed by atoms with Crippen LogP contribution in [0.5, 0.6) is 11.6 Å². The molecule has 0 saturated heterocycles. The molecule has 0 spiro atoms. The van der Waals surface area contributed by atoms with Crippen molar-refractivity contribution in [2.24, 2.45) is 7.05 Å². The van der Waals surface area contributed by atoms with Gasteiger partial charge in [-0.25, -0.2) is 9.97 Å². The van der Waals surface area contributed by atoms with Crippen LogP contribution in [0, 0.1) is 0 Å². The third-order valence-electron chi connectivity index (χ3n) is 3.91. The molecule has 25 heavy (non-hydrogen) atoms. The van der Waals surface area contributed by atoms with Gasteiger partial charge in [-0.2, -0.15) is 0 Å². The molecule has 122 valence electrons. The first-order valence-corrected chi connectivity index (χ1v) is 7.93. The summed E-state index contributed by atoms with van der Waals surface area (Å²) in [6.45, 7) is 0. The van der Waals surface area contributed by atoms with E-state index in [1.807, 2.05) is 72.4 Å². The van der Waals surface area contributed by atoms with Gasteiger partial charge in [-0.3, -0.25) is 4.98 Å². The molecule has 0 aliphatic heterocycles. The van der Waals surface area contributed by atoms with Crippen LogP contribution in [0.25, 0.3) is 22.6 Å². The van der Waals surface area contributed by atoms with E-state index in [0.29, 0.717) is 5.88 Å². The van der Waals surface area contributed by atoms with Gasteiger partial charge in [0.25, 0.3) is 0 Å². The van der Waals surface area contributed by atoms with Crippen LogP contribution in [0.4, 0.5) is 0 Å². The van der Waals surface area contributed by atoms with Crippen molar-refractivity contribution in [1.29, 1.82) is 0 Å². The zero-order valence-corrected chi connectivity index (χ0v) is 13.7. The second kappa shape index (κ2) is 6.57. The van der Waals surface area contributed by atoms with Crippen LogP contribution in [0.15, 0.2) is 79.4 Å². The zero-order valence-electron chi connectivity index (χ0n) is 13.7. The lowest BCUT2D eigenvalue weighted by molar-refractivity contribution is 0.463. The fraction of sp³-hybridized carbons (Fsp3) is 0.0500. The van der Waals surface area contributed by atoms with Crippen LogP contribution in [0.1, 0.15) is 0 Å². The lowest BCUT2D eigenvalue weighted by Crippen LogP contribution is -1.96. The van der Waals surface area contributed by atoms with Gasteiger partial charge < -0.3 is 9.30 Å². The average molecular weight is 328 g/mol. The highest BCUT2D eigenvalue weighted by molar-refractivity contribution is 5.64. The van der Waals surface area contributed by atoms with Gasteiger partial charge in [-0.15, -0.1) is 0 Å². The Bertz CT molecular complexity index is 964. The predicted molar refractivity (Wildman–Crippen MR) is 96.2 cm³/mol. The fourth-order valence-corrected chi connectivity index (χ4v) is 2.64. The fourth-order valence-electron chi connectivity index (χ4n) is 2.64. The van der Waals surface area contributed by atoms with E-state index in [-0.39, 0.29) is 0 Å². The van der Waals surface area contributed by atoms with E-state index in [4.69, 9.17) is 4.74 Å². The molecule has 0 saturated carbocycles. The SMILES string of the molecule is Cn1c(-c2ccc(Oc3ccccc3)nc2)cnc1-c1cccnc1. The van der Waals surface area contributed by atoms with Crippen molar-refractivity contribution in [2.45, 2.75) is 0 Å². The van der Waals surface area contributed by atoms with Crippen LogP contribution in [0.3, 0.4) is 0 Å². The number of nitrogens with zero attached hydrogens (tertiary/aromatic N) is 4. The van der Waals surface area contributed by atoms with Gasteiger partial charge in [-0.05, 0) is 30.3 Å². The Labute approximate surface area is 145 Å². The number of aromatic nitrogens is 4. The minimum absolute atomic E-state index is 0.560. The van der Waals surface area contributed by atoms with Crippen LogP contribution >= 0.6 is 0 Å². The molecule has 5 nitrogen and oxygen atoms in total. The number of benzene rings is 1. The van der Waals surface area contributed by atoms with Crippen molar-refractivity contribution in [3.8, 4) is 34.3 Å². The molecule has 0 N–H and O–H groups in total. The molecule has 0 radical (unpaired) electrons. The Balaban J connectivity index is 1.60. The summed E-state index contributed by atoms with van der Waals surface area (Å²) in [5.74, 6) is 2.19. The van der Waals surface area contributed by atoms with Gasteiger partial charge in [0.05, 0.1) is 11.9 Å². The number of pyridine rings is 2. The van der Waals surface area contributed by atoms with E-state index >= 15 is 0 Å². The monoisotopic (exact) mass is 328 g/mol. The number of hydrogen-bond donors (Lipinski definition) is 0. The number of hydrogen-bond acceptors (Lipinski definition) is 4. The molecule has 0 atom stereocenters. The molecule has 0 aliphatic rings. The minimum atomic E-state index is 0.560. The number of ether oxygens (including phenoxy) is 1. The first-order chi connectivity index (χ1) is 12.3. The van der Waals surface area contributed by atoms with E-state index in [0.717, 1.165) is 28.4 Å². The highest BCUT2D eigenvalue weighted by atomic mass is 16.5. The van der Waals surface area contributed by atoms with Crippen molar-refractivity contribution in [1.82, 2.24) is 19.5 Å². The molecule has 3 aromatic heterocycles. The maximum atomic E-state index is 5.73. The maximum absolute atomic E-state index is 5.73. The highest BCUT2D eigenvalue weighted by Crippen LogP contribution is 2.26. The Hall–Kier alpha value is -3.47. The van der Waals surface area contributed by atoms with Gasteiger partial charge in [0.2, 0.25) is 5.88 Å². The molecule has 3 heterocycles. The Morgan fingerprint density at radius 2 is 1.68 bits per heavy atom. The van der Waals surface area contributed by atoms with Gasteiger partial charge in [0.1, 0.15) is 11.6 Å². The molecule has 0 unspecified atom stereocenters. The molecule has 0 amide bonds. The summed E-state index contributed by atoms with van der Waals surface area (Å²) < 4.78 is 7.77. The maximum Gasteiger partial charge on any atom is 0.219 e. The van der Waals surface area contributed by atoms with Gasteiger partial charge in [-0.1, -0.05) is 18.2 Å². The van der Waals surface area contributed by atoms with Crippen LogP contribution in [0.2, 0.25) is 0 Å². The van der Waals surface area contributed by atoms with Crippen LogP contribution in [-0.2, 0) is 7.05 Å². The molecule has 0 aliphatic carbocycles. The summed E-state index contributed by atoms with van der Waals surface area (Å²) in [6, 6.07) is 17.3. The molecular weight excluding hydrogens is 312 g/mol. The normalized spacial score (nSPS) is 10.6. The Morgan fingerprint density at radius 1 is 0.800 bits per heavy atom. The molecular formula is C20H16N4O. The Morgan fingerprint density at radius 3 is 2.40 bits per heavy atom. The second-order valence-electron chi connectivity index (χ2n) is 5.57. The largest absolute Gasteiger partial charge is 0.439 e. The van der Waals surface area contributed by atoms with E-state index in [9.17, 15) is 0 Å². The summed E-state index contributed by atoms with van der Waals surface area (Å²) >= 11 is 0. The quantitative estimate of drug-likeness (QED) is 0.559. The average Bonchev–Trinajstić information content (AvgIpc) is 3.05. The number of para-hydroxylation sites is 1. The topological polar surface area (TPSA) is 52.8 Å². The van der Waals surface area contributed by atoms with Gasteiger partial charge in [0, 0.05) is 42.8 Å². The smallest absolute Gasteiger partial charge is 0.219 e. The predicted octanol–water partition coefficient (Wildman–Crippen LogP) is 4.34. The van der Waals surface area contributed by atoms with E-state index in [1.54, 1.807) is 18.6 Å². The highest BCUT2D eigenvalue weighted by Gasteiger charge is 2.11. The van der Waals surface area contributed by atoms with Crippen molar-refractivity contribution in [3.05, 3.63) is 79.4 Å². The summed E-state index contributed by atoms with van der Waals surface area (Å²) in [5, 5.41) is 0. The Kier molecular flexibility index (Phi) is 3.96. The molecule has 0 bridgehead atoms. The van der Waals surface area contributed by atoms with Gasteiger partial charge >= 0.3 is 0 Å². The van der Waals surface area contributed by atoms with Crippen molar-refractivity contribution in [2.75, 3.05) is 0 Å². The van der Waals surface area contributed by atoms with Crippen molar-refractivity contribution < 1.29 is 4.74 Å². The van der Waals surface area contributed by atoms with Crippen LogP contribution < -0.4 is 4.74 Å². The van der Waals surface area contributed by atoms with Crippen LogP contribution in [-0.4, -0.2) is 19.5 Å². The van der Waals surface area contributed by atoms with E-state index < -0.39 is 0 Å². The van der Waals surface area contributed by atoms with Crippen molar-refractivity contribution >= 4 is 0 Å². The first-order valence-electron chi connectivity index (χ1n) is 7.93. The van der Waals surface area contributed by atoms with Gasteiger partial charge in [0.15, 0.2) is 0 Å². The standard InChI is InChI=1S/C20H16N4O/c1-24-18(14-23-20(24)16-6-5-11-21-12-16)15-9-10-19(22-13-15)25-17-7-3-2-4-8-17/h2-14H,1H3. The summed E-state index contributed by atoms with van der Waals surface area (Å²) in [7, 11) is 1.99. The zero-order chi connectivity index (χ0) is 17.1. The molecule has 1 aromatic carbocycles. The third kappa shape index (κ3) is 3.12. The van der Waals surface area contributed by atoms with Crippen molar-refractivity contribution in [3.63, 3.8) is 0 Å². The number of imidazole rings is 1. The second-order valence-corrected chi connectivity index (χ2v) is 5.57. The molecule has 0 fully saturated rings. The lowest BCUT2D eigenvalue weighted by Gasteiger charge is -2.07. The molecule has 5 heteroatoms.